The van der Waals surface area contributed by atoms with Crippen LogP contribution in [-0.4, -0.2) is 30.4 Å². The van der Waals surface area contributed by atoms with Crippen LogP contribution in [0.1, 0.15) is 57.8 Å². The summed E-state index contributed by atoms with van der Waals surface area (Å²) in [4.78, 5) is 13.5. The number of rotatable bonds is 6. The fourth-order valence-corrected chi connectivity index (χ4v) is 3.71. The topological polar surface area (TPSA) is 46.3 Å². The van der Waals surface area contributed by atoms with Gasteiger partial charge in [0, 0.05) is 13.0 Å². The quantitative estimate of drug-likeness (QED) is 0.789. The lowest BCUT2D eigenvalue weighted by Gasteiger charge is -2.32. The minimum atomic E-state index is -0.132. The third-order valence-electron chi connectivity index (χ3n) is 4.65. The van der Waals surface area contributed by atoms with E-state index in [4.69, 9.17) is 5.73 Å². The number of carbonyl (C=O) groups excluding carboxylic acids is 1. The Balaban J connectivity index is 1.61. The monoisotopic (exact) mass is 252 g/mol. The Kier molecular flexibility index (Phi) is 5.48. The average Bonchev–Trinajstić information content (AvgIpc) is 2.82. The molecule has 2 rings (SSSR count). The van der Waals surface area contributed by atoms with Crippen molar-refractivity contribution in [3.8, 4) is 0 Å². The van der Waals surface area contributed by atoms with Crippen molar-refractivity contribution >= 4 is 5.91 Å². The van der Waals surface area contributed by atoms with Gasteiger partial charge in [-0.3, -0.25) is 4.79 Å². The summed E-state index contributed by atoms with van der Waals surface area (Å²) < 4.78 is 0. The van der Waals surface area contributed by atoms with Gasteiger partial charge in [-0.2, -0.15) is 0 Å². The van der Waals surface area contributed by atoms with Gasteiger partial charge in [-0.05, 0) is 50.6 Å². The minimum Gasteiger partial charge on any atom is -0.370 e. The zero-order valence-electron chi connectivity index (χ0n) is 11.6. The van der Waals surface area contributed by atoms with Gasteiger partial charge in [-0.25, -0.2) is 0 Å². The molecule has 1 aliphatic carbocycles. The first-order valence-corrected chi connectivity index (χ1v) is 7.74. The Morgan fingerprint density at radius 2 is 1.83 bits per heavy atom. The highest BCUT2D eigenvalue weighted by atomic mass is 16.1. The minimum absolute atomic E-state index is 0.132. The summed E-state index contributed by atoms with van der Waals surface area (Å²) in [7, 11) is 0. The molecule has 0 aromatic carbocycles. The Morgan fingerprint density at radius 1 is 1.11 bits per heavy atom. The summed E-state index contributed by atoms with van der Waals surface area (Å²) in [5.74, 6) is 1.40. The van der Waals surface area contributed by atoms with E-state index in [0.717, 1.165) is 12.5 Å². The lowest BCUT2D eigenvalue weighted by Crippen LogP contribution is -2.37. The Bertz CT molecular complexity index is 261. The number of nitrogens with two attached hydrogens (primary N) is 1. The van der Waals surface area contributed by atoms with Crippen LogP contribution in [0.3, 0.4) is 0 Å². The molecule has 1 heterocycles. The number of likely N-dealkylation sites (tertiary alicyclic amines) is 1. The van der Waals surface area contributed by atoms with E-state index in [1.807, 2.05) is 0 Å². The second-order valence-electron chi connectivity index (χ2n) is 6.27. The van der Waals surface area contributed by atoms with E-state index < -0.39 is 0 Å². The van der Waals surface area contributed by atoms with Gasteiger partial charge in [-0.1, -0.05) is 25.7 Å². The molecule has 1 aliphatic heterocycles. The van der Waals surface area contributed by atoms with E-state index in [0.29, 0.717) is 12.3 Å². The zero-order chi connectivity index (χ0) is 12.8. The highest BCUT2D eigenvalue weighted by Crippen LogP contribution is 2.29. The molecule has 2 aliphatic rings. The van der Waals surface area contributed by atoms with Crippen LogP contribution in [0.2, 0.25) is 0 Å². The predicted molar refractivity (Wildman–Crippen MR) is 74.2 cm³/mol. The number of carbonyl (C=O) groups is 1. The fourth-order valence-electron chi connectivity index (χ4n) is 3.71. The first-order valence-electron chi connectivity index (χ1n) is 7.74. The molecule has 0 bridgehead atoms. The number of piperidine rings is 1. The van der Waals surface area contributed by atoms with Crippen LogP contribution in [0.4, 0.5) is 0 Å². The molecule has 1 unspecified atom stereocenters. The van der Waals surface area contributed by atoms with E-state index >= 15 is 0 Å². The maximum atomic E-state index is 11.0. The van der Waals surface area contributed by atoms with Crippen molar-refractivity contribution in [3.63, 3.8) is 0 Å². The molecule has 1 amide bonds. The summed E-state index contributed by atoms with van der Waals surface area (Å²) >= 11 is 0. The Hall–Kier alpha value is -0.570. The van der Waals surface area contributed by atoms with Crippen molar-refractivity contribution in [1.82, 2.24) is 4.90 Å². The molecule has 2 fully saturated rings. The molecule has 0 aromatic rings. The molecule has 18 heavy (non-hydrogen) atoms. The van der Waals surface area contributed by atoms with Crippen LogP contribution in [0, 0.1) is 11.8 Å². The number of primary amides is 1. The molecular formula is C15H28N2O. The van der Waals surface area contributed by atoms with Crippen molar-refractivity contribution in [2.45, 2.75) is 57.8 Å². The molecule has 1 saturated carbocycles. The number of hydrogen-bond acceptors (Lipinski definition) is 2. The van der Waals surface area contributed by atoms with E-state index in [1.165, 1.54) is 64.5 Å². The van der Waals surface area contributed by atoms with Crippen LogP contribution in [0.15, 0.2) is 0 Å². The SMILES string of the molecule is NC(=O)CC1CCCN(CCCC2CCCC2)C1. The fraction of sp³-hybridized carbons (Fsp3) is 0.933. The molecule has 0 spiro atoms. The summed E-state index contributed by atoms with van der Waals surface area (Å²) in [6.07, 6.45) is 11.6. The molecule has 0 aromatic heterocycles. The van der Waals surface area contributed by atoms with Crippen LogP contribution in [0.5, 0.6) is 0 Å². The van der Waals surface area contributed by atoms with Gasteiger partial charge in [0.05, 0.1) is 0 Å². The van der Waals surface area contributed by atoms with Gasteiger partial charge in [0.15, 0.2) is 0 Å². The molecule has 0 radical (unpaired) electrons. The molecule has 1 atom stereocenters. The van der Waals surface area contributed by atoms with Gasteiger partial charge in [-0.15, -0.1) is 0 Å². The van der Waals surface area contributed by atoms with Gasteiger partial charge in [0.1, 0.15) is 0 Å². The van der Waals surface area contributed by atoms with Gasteiger partial charge in [0.25, 0.3) is 0 Å². The first kappa shape index (κ1) is 13.9. The maximum absolute atomic E-state index is 11.0. The third-order valence-corrected chi connectivity index (χ3v) is 4.65. The van der Waals surface area contributed by atoms with Crippen LogP contribution in [-0.2, 0) is 4.79 Å². The lowest BCUT2D eigenvalue weighted by molar-refractivity contribution is -0.119. The maximum Gasteiger partial charge on any atom is 0.217 e. The van der Waals surface area contributed by atoms with Crippen molar-refractivity contribution in [2.24, 2.45) is 17.6 Å². The normalized spacial score (nSPS) is 26.6. The number of hydrogen-bond donors (Lipinski definition) is 1. The van der Waals surface area contributed by atoms with Gasteiger partial charge >= 0.3 is 0 Å². The largest absolute Gasteiger partial charge is 0.370 e. The number of amides is 1. The Morgan fingerprint density at radius 3 is 2.56 bits per heavy atom. The summed E-state index contributed by atoms with van der Waals surface area (Å²) in [5, 5.41) is 0. The highest BCUT2D eigenvalue weighted by molar-refractivity contribution is 5.74. The van der Waals surface area contributed by atoms with Crippen molar-refractivity contribution < 1.29 is 4.79 Å². The van der Waals surface area contributed by atoms with Crippen molar-refractivity contribution in [1.29, 1.82) is 0 Å². The van der Waals surface area contributed by atoms with Crippen LogP contribution in [0.25, 0.3) is 0 Å². The van der Waals surface area contributed by atoms with Crippen molar-refractivity contribution in [3.05, 3.63) is 0 Å². The molecule has 104 valence electrons. The van der Waals surface area contributed by atoms with E-state index in [1.54, 1.807) is 0 Å². The van der Waals surface area contributed by atoms with Gasteiger partial charge in [0.2, 0.25) is 5.91 Å². The molecule has 3 heteroatoms. The smallest absolute Gasteiger partial charge is 0.217 e. The highest BCUT2D eigenvalue weighted by Gasteiger charge is 2.21. The van der Waals surface area contributed by atoms with Crippen molar-refractivity contribution in [2.75, 3.05) is 19.6 Å². The molecular weight excluding hydrogens is 224 g/mol. The summed E-state index contributed by atoms with van der Waals surface area (Å²) in [5.41, 5.74) is 5.29. The van der Waals surface area contributed by atoms with Gasteiger partial charge < -0.3 is 10.6 Å². The summed E-state index contributed by atoms with van der Waals surface area (Å²) in [6.45, 7) is 3.54. The third kappa shape index (κ3) is 4.60. The Labute approximate surface area is 111 Å². The van der Waals surface area contributed by atoms with Crippen LogP contribution >= 0.6 is 0 Å². The van der Waals surface area contributed by atoms with E-state index in [9.17, 15) is 4.79 Å². The predicted octanol–water partition coefficient (Wildman–Crippen LogP) is 2.54. The first-order chi connectivity index (χ1) is 8.74. The average molecular weight is 252 g/mol. The standard InChI is InChI=1S/C15H28N2O/c16-15(18)11-14-8-4-10-17(12-14)9-3-7-13-5-1-2-6-13/h13-14H,1-12H2,(H2,16,18). The second-order valence-corrected chi connectivity index (χ2v) is 6.27. The second kappa shape index (κ2) is 7.13. The van der Waals surface area contributed by atoms with E-state index in [-0.39, 0.29) is 5.91 Å². The molecule has 3 nitrogen and oxygen atoms in total. The molecule has 1 saturated heterocycles. The lowest BCUT2D eigenvalue weighted by atomic mass is 9.94. The zero-order valence-corrected chi connectivity index (χ0v) is 11.6. The summed E-state index contributed by atoms with van der Waals surface area (Å²) in [6, 6.07) is 0. The molecule has 2 N–H and O–H groups in total. The van der Waals surface area contributed by atoms with Crippen LogP contribution < -0.4 is 5.73 Å². The van der Waals surface area contributed by atoms with E-state index in [2.05, 4.69) is 4.90 Å². The number of nitrogens with zero attached hydrogens (tertiary/aromatic N) is 1.